The minimum absolute atomic E-state index is 0.443. The van der Waals surface area contributed by atoms with Gasteiger partial charge in [0.05, 0.1) is 0 Å². The molecule has 0 aliphatic carbocycles. The highest BCUT2D eigenvalue weighted by atomic mass is 32.2. The van der Waals surface area contributed by atoms with Gasteiger partial charge in [-0.2, -0.15) is 0 Å². The maximum Gasteiger partial charge on any atom is 0.0127 e. The van der Waals surface area contributed by atoms with Gasteiger partial charge in [0.15, 0.2) is 0 Å². The Balaban J connectivity index is 2.16. The number of rotatable bonds is 9. The fraction of sp³-hybridized carbons (Fsp3) is 0.478. The van der Waals surface area contributed by atoms with Crippen molar-refractivity contribution in [2.45, 2.75) is 38.0 Å². The minimum Gasteiger partial charge on any atom is -0.309 e. The molecule has 2 atom stereocenters. The van der Waals surface area contributed by atoms with Crippen molar-refractivity contribution in [2.24, 2.45) is 11.8 Å². The van der Waals surface area contributed by atoms with E-state index in [2.05, 4.69) is 94.4 Å². The standard InChI is InChI=1S/C23H33NS/c1-18(2)15-16-25-22-13-11-21(12-14-22)23(19(3)17-24(4)5)20-9-7-6-8-10-20/h6-14,18-19,23H,15-17H2,1-5H3. The maximum absolute atomic E-state index is 2.36. The molecule has 0 saturated carbocycles. The molecule has 2 aromatic rings. The van der Waals surface area contributed by atoms with Gasteiger partial charge in [0.1, 0.15) is 0 Å². The molecule has 2 heteroatoms. The van der Waals surface area contributed by atoms with Gasteiger partial charge in [0.25, 0.3) is 0 Å². The van der Waals surface area contributed by atoms with E-state index in [-0.39, 0.29) is 0 Å². The normalized spacial score (nSPS) is 14.0. The fourth-order valence-corrected chi connectivity index (χ4v) is 4.53. The van der Waals surface area contributed by atoms with Crippen molar-refractivity contribution in [3.8, 4) is 0 Å². The largest absolute Gasteiger partial charge is 0.309 e. The molecular weight excluding hydrogens is 322 g/mol. The van der Waals surface area contributed by atoms with Crippen LogP contribution in [0.3, 0.4) is 0 Å². The summed E-state index contributed by atoms with van der Waals surface area (Å²) in [6, 6.07) is 20.2. The zero-order valence-electron chi connectivity index (χ0n) is 16.4. The van der Waals surface area contributed by atoms with Crippen LogP contribution in [0.15, 0.2) is 59.5 Å². The van der Waals surface area contributed by atoms with E-state index in [1.54, 1.807) is 0 Å². The second kappa shape index (κ2) is 10.0. The van der Waals surface area contributed by atoms with Crippen LogP contribution in [0.25, 0.3) is 0 Å². The third kappa shape index (κ3) is 6.52. The summed E-state index contributed by atoms with van der Waals surface area (Å²) in [7, 11) is 4.32. The molecule has 2 rings (SSSR count). The smallest absolute Gasteiger partial charge is 0.0127 e. The summed E-state index contributed by atoms with van der Waals surface area (Å²) in [5, 5.41) is 0. The van der Waals surface area contributed by atoms with E-state index < -0.39 is 0 Å². The second-order valence-electron chi connectivity index (χ2n) is 7.73. The summed E-state index contributed by atoms with van der Waals surface area (Å²) in [6.07, 6.45) is 1.28. The number of hydrogen-bond acceptors (Lipinski definition) is 2. The van der Waals surface area contributed by atoms with Crippen molar-refractivity contribution in [3.63, 3.8) is 0 Å². The number of benzene rings is 2. The first-order valence-corrected chi connectivity index (χ1v) is 10.4. The molecular formula is C23H33NS. The van der Waals surface area contributed by atoms with Crippen LogP contribution in [-0.2, 0) is 0 Å². The Bertz CT molecular complexity index is 604. The molecule has 0 amide bonds. The predicted octanol–water partition coefficient (Wildman–Crippen LogP) is 6.15. The van der Waals surface area contributed by atoms with Gasteiger partial charge in [-0.15, -0.1) is 11.8 Å². The second-order valence-corrected chi connectivity index (χ2v) is 8.90. The van der Waals surface area contributed by atoms with E-state index in [1.165, 1.54) is 28.2 Å². The fourth-order valence-electron chi connectivity index (χ4n) is 3.38. The lowest BCUT2D eigenvalue weighted by Crippen LogP contribution is -2.25. The van der Waals surface area contributed by atoms with Crippen LogP contribution in [-0.4, -0.2) is 31.3 Å². The van der Waals surface area contributed by atoms with Crippen molar-refractivity contribution >= 4 is 11.8 Å². The monoisotopic (exact) mass is 355 g/mol. The summed E-state index contributed by atoms with van der Waals surface area (Å²) in [5.41, 5.74) is 2.84. The molecule has 0 heterocycles. The van der Waals surface area contributed by atoms with Gasteiger partial charge >= 0.3 is 0 Å². The van der Waals surface area contributed by atoms with E-state index in [4.69, 9.17) is 0 Å². The molecule has 0 aliphatic rings. The van der Waals surface area contributed by atoms with Crippen molar-refractivity contribution < 1.29 is 0 Å². The quantitative estimate of drug-likeness (QED) is 0.496. The first-order valence-electron chi connectivity index (χ1n) is 9.39. The molecule has 0 aromatic heterocycles. The Hall–Kier alpha value is -1.25. The van der Waals surface area contributed by atoms with Crippen molar-refractivity contribution in [2.75, 3.05) is 26.4 Å². The summed E-state index contributed by atoms with van der Waals surface area (Å²) < 4.78 is 0. The molecule has 2 unspecified atom stereocenters. The maximum atomic E-state index is 2.36. The third-order valence-electron chi connectivity index (χ3n) is 4.58. The molecule has 0 saturated heterocycles. The van der Waals surface area contributed by atoms with E-state index in [0.717, 1.165) is 12.5 Å². The van der Waals surface area contributed by atoms with Crippen molar-refractivity contribution in [1.29, 1.82) is 0 Å². The Morgan fingerprint density at radius 2 is 1.44 bits per heavy atom. The highest BCUT2D eigenvalue weighted by molar-refractivity contribution is 7.99. The van der Waals surface area contributed by atoms with Gasteiger partial charge < -0.3 is 4.90 Å². The van der Waals surface area contributed by atoms with Gasteiger partial charge in [0.2, 0.25) is 0 Å². The van der Waals surface area contributed by atoms with E-state index in [0.29, 0.717) is 11.8 Å². The molecule has 0 fully saturated rings. The van der Waals surface area contributed by atoms with Crippen LogP contribution in [0.4, 0.5) is 0 Å². The van der Waals surface area contributed by atoms with Crippen molar-refractivity contribution in [3.05, 3.63) is 65.7 Å². The molecule has 25 heavy (non-hydrogen) atoms. The van der Waals surface area contributed by atoms with E-state index >= 15 is 0 Å². The number of hydrogen-bond donors (Lipinski definition) is 0. The van der Waals surface area contributed by atoms with Crippen LogP contribution < -0.4 is 0 Å². The number of nitrogens with zero attached hydrogens (tertiary/aromatic N) is 1. The minimum atomic E-state index is 0.443. The van der Waals surface area contributed by atoms with Crippen LogP contribution >= 0.6 is 11.8 Å². The summed E-state index contributed by atoms with van der Waals surface area (Å²) >= 11 is 1.98. The molecule has 0 bridgehead atoms. The van der Waals surface area contributed by atoms with Crippen LogP contribution in [0.5, 0.6) is 0 Å². The van der Waals surface area contributed by atoms with Gasteiger partial charge in [-0.1, -0.05) is 63.2 Å². The SMILES string of the molecule is CC(C)CCSc1ccc(C(c2ccccc2)C(C)CN(C)C)cc1. The molecule has 1 nitrogen and oxygen atoms in total. The first kappa shape index (κ1) is 20.1. The summed E-state index contributed by atoms with van der Waals surface area (Å²) in [4.78, 5) is 3.67. The zero-order chi connectivity index (χ0) is 18.2. The molecule has 0 N–H and O–H groups in total. The molecule has 2 aromatic carbocycles. The zero-order valence-corrected chi connectivity index (χ0v) is 17.2. The Morgan fingerprint density at radius 3 is 2.00 bits per heavy atom. The molecule has 0 spiro atoms. The molecule has 0 aliphatic heterocycles. The molecule has 136 valence electrons. The topological polar surface area (TPSA) is 3.24 Å². The lowest BCUT2D eigenvalue weighted by molar-refractivity contribution is 0.320. The lowest BCUT2D eigenvalue weighted by atomic mass is 9.81. The lowest BCUT2D eigenvalue weighted by Gasteiger charge is -2.27. The van der Waals surface area contributed by atoms with E-state index in [9.17, 15) is 0 Å². The Labute approximate surface area is 158 Å². The summed E-state index contributed by atoms with van der Waals surface area (Å²) in [5.74, 6) is 2.99. The average Bonchev–Trinajstić information content (AvgIpc) is 2.56. The molecule has 0 radical (unpaired) electrons. The predicted molar refractivity (Wildman–Crippen MR) is 113 cm³/mol. The summed E-state index contributed by atoms with van der Waals surface area (Å²) in [6.45, 7) is 8.04. The Kier molecular flexibility index (Phi) is 8.05. The number of thioether (sulfide) groups is 1. The van der Waals surface area contributed by atoms with Gasteiger partial charge in [-0.25, -0.2) is 0 Å². The van der Waals surface area contributed by atoms with Crippen LogP contribution in [0, 0.1) is 11.8 Å². The highest BCUT2D eigenvalue weighted by Gasteiger charge is 2.21. The van der Waals surface area contributed by atoms with E-state index in [1.807, 2.05) is 11.8 Å². The van der Waals surface area contributed by atoms with Crippen LogP contribution in [0.2, 0.25) is 0 Å². The van der Waals surface area contributed by atoms with Crippen molar-refractivity contribution in [1.82, 2.24) is 4.90 Å². The van der Waals surface area contributed by atoms with Gasteiger partial charge in [-0.05, 0) is 61.4 Å². The Morgan fingerprint density at radius 1 is 0.840 bits per heavy atom. The third-order valence-corrected chi connectivity index (χ3v) is 5.63. The average molecular weight is 356 g/mol. The first-order chi connectivity index (χ1) is 12.0. The van der Waals surface area contributed by atoms with Crippen LogP contribution in [0.1, 0.15) is 44.2 Å². The van der Waals surface area contributed by atoms with Gasteiger partial charge in [-0.3, -0.25) is 0 Å². The van der Waals surface area contributed by atoms with Gasteiger partial charge in [0, 0.05) is 17.4 Å². The highest BCUT2D eigenvalue weighted by Crippen LogP contribution is 2.33.